The zero-order chi connectivity index (χ0) is 11.8. The summed E-state index contributed by atoms with van der Waals surface area (Å²) in [6.07, 6.45) is 4.14. The Balaban J connectivity index is 2.60. The molecule has 1 aromatic rings. The Morgan fingerprint density at radius 1 is 1.38 bits per heavy atom. The smallest absolute Gasteiger partial charge is 0.232 e. The second-order valence-corrected chi connectivity index (χ2v) is 3.47. The summed E-state index contributed by atoms with van der Waals surface area (Å²) in [5.74, 6) is 0.546. The first kappa shape index (κ1) is 12.9. The minimum absolute atomic E-state index is 0.261. The van der Waals surface area contributed by atoms with E-state index < -0.39 is 0 Å². The highest BCUT2D eigenvalue weighted by molar-refractivity contribution is 5.09. The average molecular weight is 225 g/mol. The number of methoxy groups -OCH3 is 2. The average Bonchev–Trinajstić information content (AvgIpc) is 2.30. The van der Waals surface area contributed by atoms with E-state index in [9.17, 15) is 0 Å². The van der Waals surface area contributed by atoms with Crippen LogP contribution in [0.3, 0.4) is 0 Å². The predicted molar refractivity (Wildman–Crippen MR) is 61.6 cm³/mol. The van der Waals surface area contributed by atoms with Gasteiger partial charge in [0.15, 0.2) is 0 Å². The molecular formula is C11H19N3O2. The van der Waals surface area contributed by atoms with E-state index in [1.165, 1.54) is 0 Å². The van der Waals surface area contributed by atoms with E-state index in [2.05, 4.69) is 22.2 Å². The molecule has 0 saturated heterocycles. The van der Waals surface area contributed by atoms with E-state index in [-0.39, 0.29) is 6.04 Å². The van der Waals surface area contributed by atoms with Gasteiger partial charge >= 0.3 is 0 Å². The zero-order valence-electron chi connectivity index (χ0n) is 10.1. The van der Waals surface area contributed by atoms with Crippen molar-refractivity contribution in [3.05, 3.63) is 18.1 Å². The first-order valence-corrected chi connectivity index (χ1v) is 5.37. The molecule has 1 rings (SSSR count). The molecule has 1 aromatic heterocycles. The number of hydrogen-bond donors (Lipinski definition) is 1. The van der Waals surface area contributed by atoms with Crippen LogP contribution < -0.4 is 10.1 Å². The lowest BCUT2D eigenvalue weighted by Crippen LogP contribution is -2.35. The third kappa shape index (κ3) is 4.12. The van der Waals surface area contributed by atoms with Gasteiger partial charge in [-0.25, -0.2) is 4.98 Å². The van der Waals surface area contributed by atoms with Crippen molar-refractivity contribution in [1.29, 1.82) is 0 Å². The fraction of sp³-hybridized carbons (Fsp3) is 0.636. The third-order valence-electron chi connectivity index (χ3n) is 2.19. The van der Waals surface area contributed by atoms with Gasteiger partial charge in [0.05, 0.1) is 25.6 Å². The van der Waals surface area contributed by atoms with Crippen LogP contribution in [0.15, 0.2) is 12.4 Å². The van der Waals surface area contributed by atoms with E-state index in [1.54, 1.807) is 26.6 Å². The van der Waals surface area contributed by atoms with Crippen LogP contribution in [0.5, 0.6) is 5.88 Å². The summed E-state index contributed by atoms with van der Waals surface area (Å²) in [5, 5.41) is 3.34. The highest BCUT2D eigenvalue weighted by Crippen LogP contribution is 2.06. The Bertz CT molecular complexity index is 301. The minimum Gasteiger partial charge on any atom is -0.480 e. The lowest BCUT2D eigenvalue weighted by molar-refractivity contribution is 0.166. The van der Waals surface area contributed by atoms with Crippen molar-refractivity contribution < 1.29 is 9.47 Å². The summed E-state index contributed by atoms with van der Waals surface area (Å²) in [4.78, 5) is 8.39. The quantitative estimate of drug-likeness (QED) is 0.738. The fourth-order valence-corrected chi connectivity index (χ4v) is 1.52. The third-order valence-corrected chi connectivity index (χ3v) is 2.19. The van der Waals surface area contributed by atoms with Crippen molar-refractivity contribution in [2.24, 2.45) is 0 Å². The van der Waals surface area contributed by atoms with Gasteiger partial charge in [-0.05, 0) is 6.54 Å². The number of nitrogens with one attached hydrogen (secondary N) is 1. The van der Waals surface area contributed by atoms with E-state index in [4.69, 9.17) is 9.47 Å². The molecule has 16 heavy (non-hydrogen) atoms. The molecule has 1 N–H and O–H groups in total. The van der Waals surface area contributed by atoms with E-state index >= 15 is 0 Å². The molecule has 1 unspecified atom stereocenters. The van der Waals surface area contributed by atoms with Crippen molar-refractivity contribution in [2.75, 3.05) is 27.4 Å². The highest BCUT2D eigenvalue weighted by Gasteiger charge is 2.09. The van der Waals surface area contributed by atoms with Gasteiger partial charge < -0.3 is 14.8 Å². The molecule has 0 saturated carbocycles. The topological polar surface area (TPSA) is 56.3 Å². The Hall–Kier alpha value is -1.20. The zero-order valence-corrected chi connectivity index (χ0v) is 10.1. The van der Waals surface area contributed by atoms with Crippen molar-refractivity contribution in [3.8, 4) is 5.88 Å². The van der Waals surface area contributed by atoms with Crippen LogP contribution in [0.1, 0.15) is 12.6 Å². The molecule has 0 fully saturated rings. The summed E-state index contributed by atoms with van der Waals surface area (Å²) in [6, 6.07) is 0.261. The van der Waals surface area contributed by atoms with Gasteiger partial charge in [0.25, 0.3) is 0 Å². The largest absolute Gasteiger partial charge is 0.480 e. The van der Waals surface area contributed by atoms with Gasteiger partial charge in [-0.2, -0.15) is 0 Å². The SMILES string of the molecule is CCNC(COC)Cc1cncc(OC)n1. The second kappa shape index (κ2) is 7.14. The van der Waals surface area contributed by atoms with Crippen molar-refractivity contribution in [2.45, 2.75) is 19.4 Å². The number of ether oxygens (including phenoxy) is 2. The maximum Gasteiger partial charge on any atom is 0.232 e. The van der Waals surface area contributed by atoms with Crippen LogP contribution in [-0.4, -0.2) is 43.4 Å². The molecule has 0 aliphatic carbocycles. The fourth-order valence-electron chi connectivity index (χ4n) is 1.52. The Morgan fingerprint density at radius 2 is 2.19 bits per heavy atom. The Kier molecular flexibility index (Phi) is 5.74. The van der Waals surface area contributed by atoms with Gasteiger partial charge in [0.1, 0.15) is 0 Å². The minimum atomic E-state index is 0.261. The molecule has 0 radical (unpaired) electrons. The summed E-state index contributed by atoms with van der Waals surface area (Å²) in [6.45, 7) is 3.64. The van der Waals surface area contributed by atoms with E-state index in [0.717, 1.165) is 18.7 Å². The van der Waals surface area contributed by atoms with Gasteiger partial charge in [0.2, 0.25) is 5.88 Å². The van der Waals surface area contributed by atoms with Crippen molar-refractivity contribution >= 4 is 0 Å². The highest BCUT2D eigenvalue weighted by atomic mass is 16.5. The molecule has 5 nitrogen and oxygen atoms in total. The van der Waals surface area contributed by atoms with Gasteiger partial charge in [-0.1, -0.05) is 6.92 Å². The lowest BCUT2D eigenvalue weighted by atomic mass is 10.2. The predicted octanol–water partition coefficient (Wildman–Crippen LogP) is 0.652. The Morgan fingerprint density at radius 3 is 2.81 bits per heavy atom. The Labute approximate surface area is 96.2 Å². The molecule has 0 aliphatic heterocycles. The standard InChI is InChI=1S/C11H19N3O2/c1-4-13-10(8-15-2)5-9-6-12-7-11(14-9)16-3/h6-7,10,13H,4-5,8H2,1-3H3. The van der Waals surface area contributed by atoms with Crippen LogP contribution in [0.2, 0.25) is 0 Å². The van der Waals surface area contributed by atoms with Gasteiger partial charge in [0, 0.05) is 25.8 Å². The lowest BCUT2D eigenvalue weighted by Gasteiger charge is -2.16. The van der Waals surface area contributed by atoms with Crippen LogP contribution in [0, 0.1) is 0 Å². The number of rotatable bonds is 7. The first-order valence-electron chi connectivity index (χ1n) is 5.37. The maximum absolute atomic E-state index is 5.14. The molecule has 0 spiro atoms. The van der Waals surface area contributed by atoms with Crippen LogP contribution >= 0.6 is 0 Å². The summed E-state index contributed by atoms with van der Waals surface area (Å²) >= 11 is 0. The summed E-state index contributed by atoms with van der Waals surface area (Å²) < 4.78 is 10.2. The monoisotopic (exact) mass is 225 g/mol. The molecule has 1 heterocycles. The summed E-state index contributed by atoms with van der Waals surface area (Å²) in [5.41, 5.74) is 0.905. The number of aromatic nitrogens is 2. The molecule has 90 valence electrons. The first-order chi connectivity index (χ1) is 7.80. The molecule has 5 heteroatoms. The van der Waals surface area contributed by atoms with E-state index in [0.29, 0.717) is 12.5 Å². The molecule has 1 atom stereocenters. The van der Waals surface area contributed by atoms with Crippen LogP contribution in [-0.2, 0) is 11.2 Å². The number of nitrogens with zero attached hydrogens (tertiary/aromatic N) is 2. The van der Waals surface area contributed by atoms with Gasteiger partial charge in [-0.3, -0.25) is 4.98 Å². The molecule has 0 amide bonds. The molecule has 0 aromatic carbocycles. The maximum atomic E-state index is 5.14. The normalized spacial score (nSPS) is 12.4. The van der Waals surface area contributed by atoms with Crippen LogP contribution in [0.25, 0.3) is 0 Å². The molecule has 0 aliphatic rings. The number of hydrogen-bond acceptors (Lipinski definition) is 5. The van der Waals surface area contributed by atoms with E-state index in [1.807, 2.05) is 0 Å². The van der Waals surface area contributed by atoms with Crippen molar-refractivity contribution in [1.82, 2.24) is 15.3 Å². The second-order valence-electron chi connectivity index (χ2n) is 3.47. The summed E-state index contributed by atoms with van der Waals surface area (Å²) in [7, 11) is 3.28. The number of likely N-dealkylation sites (N-methyl/N-ethyl adjacent to an activating group) is 1. The molecular weight excluding hydrogens is 206 g/mol. The van der Waals surface area contributed by atoms with Crippen molar-refractivity contribution in [3.63, 3.8) is 0 Å². The van der Waals surface area contributed by atoms with Gasteiger partial charge in [-0.15, -0.1) is 0 Å². The van der Waals surface area contributed by atoms with Crippen LogP contribution in [0.4, 0.5) is 0 Å². The molecule has 0 bridgehead atoms.